The number of benzene rings is 10. The first-order valence-electron chi connectivity index (χ1n) is 24.9. The maximum atomic E-state index is 15.7. The summed E-state index contributed by atoms with van der Waals surface area (Å²) in [6.45, 7) is 8.07. The highest BCUT2D eigenvalue weighted by atomic mass is 19.4. The second-order valence-corrected chi connectivity index (χ2v) is 19.6. The van der Waals surface area contributed by atoms with Crippen LogP contribution in [0.2, 0.25) is 0 Å². The van der Waals surface area contributed by atoms with Crippen LogP contribution in [0.1, 0.15) is 38.9 Å². The van der Waals surface area contributed by atoms with E-state index in [9.17, 15) is 5.26 Å². The van der Waals surface area contributed by atoms with Gasteiger partial charge in [0.25, 0.3) is 0 Å². The number of nitrogens with zero attached hydrogens (tertiary/aromatic N) is 3. The van der Waals surface area contributed by atoms with E-state index in [2.05, 4.69) is 18.2 Å². The van der Waals surface area contributed by atoms with Crippen molar-refractivity contribution >= 4 is 43.6 Å². The van der Waals surface area contributed by atoms with E-state index in [1.165, 1.54) is 12.1 Å². The monoisotopic (exact) mass is 1010 g/mol. The number of fused-ring (bicyclic) bond motifs is 6. The lowest BCUT2D eigenvalue weighted by Gasteiger charge is -2.24. The fourth-order valence-corrected chi connectivity index (χ4v) is 11.4. The highest BCUT2D eigenvalue weighted by Crippen LogP contribution is 2.50. The van der Waals surface area contributed by atoms with E-state index in [4.69, 9.17) is 0 Å². The Morgan fingerprint density at radius 1 is 0.342 bits per heavy atom. The van der Waals surface area contributed by atoms with Crippen molar-refractivity contribution in [2.45, 2.75) is 40.0 Å². The van der Waals surface area contributed by atoms with Gasteiger partial charge in [-0.05, 0) is 167 Å². The zero-order chi connectivity index (χ0) is 52.8. The molecule has 370 valence electrons. The molecule has 12 aromatic rings. The number of aryl methyl sites for hydroxylation is 4. The average molecular weight is 1010 g/mol. The molecule has 0 bridgehead atoms. The molecule has 2 heterocycles. The molecule has 10 aromatic carbocycles. The molecule has 9 heteroatoms. The van der Waals surface area contributed by atoms with Crippen molar-refractivity contribution in [3.05, 3.63) is 239 Å². The SMILES string of the molecule is Cc1ccccc1-c1ccc2c(c1)c1cc(-c3ccccc3C)ccc1n2-c1cc(-c2c(C(F)(F)F)cccc2C(F)(F)F)c(-n2c3ccc(-c4ccccc4C)cc3c3cc(-c4ccccc4C)ccc32)cc1C#N. The molecular formula is C67H45F6N3. The summed E-state index contributed by atoms with van der Waals surface area (Å²) in [5.41, 5.74) is 9.70. The summed E-state index contributed by atoms with van der Waals surface area (Å²) in [6, 6.07) is 62.7. The molecule has 12 rings (SSSR count). The van der Waals surface area contributed by atoms with Crippen molar-refractivity contribution in [3.8, 4) is 73.1 Å². The zero-order valence-corrected chi connectivity index (χ0v) is 41.7. The third-order valence-corrected chi connectivity index (χ3v) is 15.0. The van der Waals surface area contributed by atoms with Crippen molar-refractivity contribution in [1.82, 2.24) is 9.13 Å². The van der Waals surface area contributed by atoms with Crippen LogP contribution >= 0.6 is 0 Å². The van der Waals surface area contributed by atoms with Crippen molar-refractivity contribution in [2.75, 3.05) is 0 Å². The smallest absolute Gasteiger partial charge is 0.309 e. The quantitative estimate of drug-likeness (QED) is 0.147. The van der Waals surface area contributed by atoms with Crippen molar-refractivity contribution < 1.29 is 26.3 Å². The van der Waals surface area contributed by atoms with Gasteiger partial charge in [0.1, 0.15) is 6.07 Å². The second kappa shape index (κ2) is 18.1. The Morgan fingerprint density at radius 3 is 0.961 bits per heavy atom. The minimum Gasteiger partial charge on any atom is -0.309 e. The highest BCUT2D eigenvalue weighted by molar-refractivity contribution is 6.14. The summed E-state index contributed by atoms with van der Waals surface area (Å²) in [5.74, 6) is 0. The van der Waals surface area contributed by atoms with Gasteiger partial charge in [0, 0.05) is 32.7 Å². The fraction of sp³-hybridized carbons (Fsp3) is 0.0896. The van der Waals surface area contributed by atoms with Gasteiger partial charge < -0.3 is 9.13 Å². The van der Waals surface area contributed by atoms with E-state index in [-0.39, 0.29) is 22.5 Å². The van der Waals surface area contributed by atoms with Gasteiger partial charge in [-0.15, -0.1) is 0 Å². The van der Waals surface area contributed by atoms with Gasteiger partial charge in [-0.25, -0.2) is 0 Å². The van der Waals surface area contributed by atoms with Crippen molar-refractivity contribution in [3.63, 3.8) is 0 Å². The third kappa shape index (κ3) is 7.91. The van der Waals surface area contributed by atoms with Gasteiger partial charge in [0.2, 0.25) is 0 Å². The lowest BCUT2D eigenvalue weighted by molar-refractivity contribution is -0.142. The molecule has 0 aliphatic heterocycles. The molecule has 0 radical (unpaired) electrons. The Morgan fingerprint density at radius 2 is 0.658 bits per heavy atom. The summed E-state index contributed by atoms with van der Waals surface area (Å²) in [5, 5.41) is 14.4. The Hall–Kier alpha value is -9.13. The molecule has 0 saturated carbocycles. The molecule has 0 fully saturated rings. The molecule has 76 heavy (non-hydrogen) atoms. The molecule has 0 N–H and O–H groups in total. The van der Waals surface area contributed by atoms with Crippen LogP contribution in [0.15, 0.2) is 200 Å². The van der Waals surface area contributed by atoms with Crippen molar-refractivity contribution in [2.24, 2.45) is 0 Å². The lowest BCUT2D eigenvalue weighted by Crippen LogP contribution is -2.15. The van der Waals surface area contributed by atoms with Gasteiger partial charge in [-0.3, -0.25) is 0 Å². The largest absolute Gasteiger partial charge is 0.417 e. The molecule has 3 nitrogen and oxygen atoms in total. The van der Waals surface area contributed by atoms with Gasteiger partial charge in [0.15, 0.2) is 0 Å². The molecule has 2 aromatic heterocycles. The predicted octanol–water partition coefficient (Wildman–Crippen LogP) is 19.4. The lowest BCUT2D eigenvalue weighted by atomic mass is 9.90. The van der Waals surface area contributed by atoms with E-state index < -0.39 is 29.0 Å². The Balaban J connectivity index is 1.22. The van der Waals surface area contributed by atoms with Crippen LogP contribution in [-0.4, -0.2) is 9.13 Å². The van der Waals surface area contributed by atoms with Crippen LogP contribution in [0.3, 0.4) is 0 Å². The number of hydrogen-bond acceptors (Lipinski definition) is 1. The summed E-state index contributed by atoms with van der Waals surface area (Å²) >= 11 is 0. The van der Waals surface area contributed by atoms with Gasteiger partial charge >= 0.3 is 12.4 Å². The number of aromatic nitrogens is 2. The normalized spacial score (nSPS) is 12.1. The van der Waals surface area contributed by atoms with Crippen LogP contribution in [0.5, 0.6) is 0 Å². The summed E-state index contributed by atoms with van der Waals surface area (Å²) < 4.78 is 97.6. The number of alkyl halides is 6. The van der Waals surface area contributed by atoms with Gasteiger partial charge in [-0.2, -0.15) is 31.6 Å². The van der Waals surface area contributed by atoms with Crippen LogP contribution in [-0.2, 0) is 12.4 Å². The van der Waals surface area contributed by atoms with Gasteiger partial charge in [-0.1, -0.05) is 127 Å². The first kappa shape index (κ1) is 47.8. The predicted molar refractivity (Wildman–Crippen MR) is 296 cm³/mol. The zero-order valence-electron chi connectivity index (χ0n) is 41.7. The van der Waals surface area contributed by atoms with E-state index >= 15 is 26.3 Å². The Bertz CT molecular complexity index is 4150. The first-order valence-corrected chi connectivity index (χ1v) is 24.9. The highest BCUT2D eigenvalue weighted by Gasteiger charge is 2.42. The van der Waals surface area contributed by atoms with Crippen LogP contribution in [0, 0.1) is 39.0 Å². The van der Waals surface area contributed by atoms with Crippen LogP contribution in [0.25, 0.3) is 111 Å². The Kier molecular flexibility index (Phi) is 11.4. The van der Waals surface area contributed by atoms with Crippen LogP contribution in [0.4, 0.5) is 26.3 Å². The minimum absolute atomic E-state index is 0.0285. The third-order valence-electron chi connectivity index (χ3n) is 15.0. The summed E-state index contributed by atoms with van der Waals surface area (Å²) in [7, 11) is 0. The fourth-order valence-electron chi connectivity index (χ4n) is 11.4. The van der Waals surface area contributed by atoms with Crippen molar-refractivity contribution in [1.29, 1.82) is 5.26 Å². The molecular weight excluding hydrogens is 961 g/mol. The first-order chi connectivity index (χ1) is 36.6. The topological polar surface area (TPSA) is 33.6 Å². The van der Waals surface area contributed by atoms with E-state index in [0.717, 1.165) is 94.4 Å². The number of hydrogen-bond donors (Lipinski definition) is 0. The van der Waals surface area contributed by atoms with Gasteiger partial charge in [0.05, 0.1) is 50.1 Å². The molecule has 0 unspecified atom stereocenters. The summed E-state index contributed by atoms with van der Waals surface area (Å²) in [4.78, 5) is 0. The number of nitriles is 1. The Labute approximate surface area is 434 Å². The summed E-state index contributed by atoms with van der Waals surface area (Å²) in [6.07, 6.45) is -10.4. The molecule has 0 amide bonds. The van der Waals surface area contributed by atoms with E-state index in [1.54, 1.807) is 9.13 Å². The standard InChI is InChI=1S/C67H45F6N3/c1-39-14-5-9-18-48(39)43-24-28-59-52(32-43)53-33-44(49-19-10-6-15-40(49)2)25-29-60(53)75(59)63-37-56(65-57(66(68,69)70)22-13-23-58(65)67(71,72)73)64(36-47(63)38-74)76-61-30-26-45(50-20-11-7-16-41(50)3)34-54(61)55-35-46(27-31-62(55)76)51-21-12-8-17-42(51)4/h5-37H,1-4H3. The van der Waals surface area contributed by atoms with E-state index in [1.807, 2.05) is 185 Å². The molecule has 0 spiro atoms. The average Bonchev–Trinajstić information content (AvgIpc) is 4.06. The molecule has 0 atom stereocenters. The van der Waals surface area contributed by atoms with Crippen LogP contribution < -0.4 is 0 Å². The van der Waals surface area contributed by atoms with E-state index in [0.29, 0.717) is 34.2 Å². The second-order valence-electron chi connectivity index (χ2n) is 19.6. The molecule has 0 aliphatic carbocycles. The maximum absolute atomic E-state index is 15.7. The maximum Gasteiger partial charge on any atom is 0.417 e. The number of halogens is 6. The molecule has 0 aliphatic rings. The number of rotatable bonds is 7. The molecule has 0 saturated heterocycles. The minimum atomic E-state index is -5.22.